The Balaban J connectivity index is 2.11. The number of benzene rings is 1. The van der Waals surface area contributed by atoms with Gasteiger partial charge < -0.3 is 5.73 Å². The van der Waals surface area contributed by atoms with Crippen molar-refractivity contribution in [2.24, 2.45) is 5.41 Å². The lowest BCUT2D eigenvalue weighted by atomic mass is 9.75. The van der Waals surface area contributed by atoms with Crippen molar-refractivity contribution < 1.29 is 8.42 Å². The van der Waals surface area contributed by atoms with Gasteiger partial charge in [0.25, 0.3) is 0 Å². The van der Waals surface area contributed by atoms with Gasteiger partial charge in [-0.2, -0.15) is 0 Å². The summed E-state index contributed by atoms with van der Waals surface area (Å²) in [5.74, 6) is 0. The Morgan fingerprint density at radius 1 is 1.26 bits per heavy atom. The first-order valence-corrected chi connectivity index (χ1v) is 8.15. The molecule has 1 aliphatic carbocycles. The molecular weight excluding hydrogens is 260 g/mol. The molecule has 0 saturated heterocycles. The van der Waals surface area contributed by atoms with Gasteiger partial charge in [0, 0.05) is 11.7 Å². The van der Waals surface area contributed by atoms with E-state index in [-0.39, 0.29) is 16.4 Å². The first-order valence-electron chi connectivity index (χ1n) is 6.66. The van der Waals surface area contributed by atoms with Gasteiger partial charge in [-0.15, -0.1) is 0 Å². The molecular formula is C14H22N2O2S. The summed E-state index contributed by atoms with van der Waals surface area (Å²) < 4.78 is 27.4. The highest BCUT2D eigenvalue weighted by atomic mass is 32.2. The highest BCUT2D eigenvalue weighted by Crippen LogP contribution is 2.35. The number of anilines is 1. The standard InChI is InChI=1S/C14H22N2O2S/c1-14(2)9-3-4-12(10-14)16-19(17,18)13-7-5-11(15)6-8-13/h5-8,12,16H,3-4,9-10,15H2,1-2H3. The average Bonchev–Trinajstić information content (AvgIpc) is 2.27. The van der Waals surface area contributed by atoms with Crippen LogP contribution < -0.4 is 10.5 Å². The van der Waals surface area contributed by atoms with Crippen molar-refractivity contribution in [1.82, 2.24) is 4.72 Å². The van der Waals surface area contributed by atoms with E-state index in [9.17, 15) is 8.42 Å². The molecule has 1 unspecified atom stereocenters. The number of hydrogen-bond donors (Lipinski definition) is 2. The second-order valence-corrected chi connectivity index (χ2v) is 7.86. The van der Waals surface area contributed by atoms with E-state index >= 15 is 0 Å². The summed E-state index contributed by atoms with van der Waals surface area (Å²) in [5, 5.41) is 0. The zero-order chi connectivity index (χ0) is 14.1. The largest absolute Gasteiger partial charge is 0.399 e. The van der Waals surface area contributed by atoms with Gasteiger partial charge in [0.1, 0.15) is 0 Å². The first kappa shape index (κ1) is 14.3. The van der Waals surface area contributed by atoms with Gasteiger partial charge in [-0.25, -0.2) is 13.1 Å². The van der Waals surface area contributed by atoms with Gasteiger partial charge in [0.05, 0.1) is 4.90 Å². The van der Waals surface area contributed by atoms with E-state index < -0.39 is 10.0 Å². The van der Waals surface area contributed by atoms with Gasteiger partial charge in [0.2, 0.25) is 10.0 Å². The van der Waals surface area contributed by atoms with Crippen LogP contribution in [0.25, 0.3) is 0 Å². The molecule has 5 heteroatoms. The molecule has 0 amide bonds. The fourth-order valence-corrected chi connectivity index (χ4v) is 4.00. The van der Waals surface area contributed by atoms with Gasteiger partial charge >= 0.3 is 0 Å². The van der Waals surface area contributed by atoms with Gasteiger partial charge in [-0.1, -0.05) is 20.3 Å². The van der Waals surface area contributed by atoms with Crippen LogP contribution in [-0.4, -0.2) is 14.5 Å². The van der Waals surface area contributed by atoms with Crippen LogP contribution in [0.5, 0.6) is 0 Å². The molecule has 0 heterocycles. The molecule has 3 N–H and O–H groups in total. The van der Waals surface area contributed by atoms with Gasteiger partial charge in [0.15, 0.2) is 0 Å². The molecule has 1 aromatic carbocycles. The number of hydrogen-bond acceptors (Lipinski definition) is 3. The molecule has 1 fully saturated rings. The van der Waals surface area contributed by atoms with E-state index in [2.05, 4.69) is 18.6 Å². The minimum atomic E-state index is -3.43. The van der Waals surface area contributed by atoms with Crippen molar-refractivity contribution in [2.75, 3.05) is 5.73 Å². The molecule has 4 nitrogen and oxygen atoms in total. The van der Waals surface area contributed by atoms with Gasteiger partial charge in [-0.05, 0) is 48.9 Å². The first-order chi connectivity index (χ1) is 8.78. The number of nitrogen functional groups attached to an aromatic ring is 1. The lowest BCUT2D eigenvalue weighted by molar-refractivity contribution is 0.212. The van der Waals surface area contributed by atoms with Crippen molar-refractivity contribution in [3.8, 4) is 0 Å². The predicted molar refractivity (Wildman–Crippen MR) is 77.2 cm³/mol. The molecule has 1 saturated carbocycles. The lowest BCUT2D eigenvalue weighted by Crippen LogP contribution is -2.40. The van der Waals surface area contributed by atoms with Crippen LogP contribution in [0, 0.1) is 5.41 Å². The summed E-state index contributed by atoms with van der Waals surface area (Å²) in [5.41, 5.74) is 6.36. The van der Waals surface area contributed by atoms with Crippen molar-refractivity contribution in [3.63, 3.8) is 0 Å². The Morgan fingerprint density at radius 3 is 2.47 bits per heavy atom. The van der Waals surface area contributed by atoms with Crippen molar-refractivity contribution >= 4 is 15.7 Å². The predicted octanol–water partition coefficient (Wildman–Crippen LogP) is 2.52. The van der Waals surface area contributed by atoms with Crippen LogP contribution in [0.3, 0.4) is 0 Å². The Labute approximate surface area is 115 Å². The molecule has 0 bridgehead atoms. The fourth-order valence-electron chi connectivity index (χ4n) is 2.73. The second kappa shape index (κ2) is 5.13. The molecule has 1 atom stereocenters. The van der Waals surface area contributed by atoms with E-state index in [1.807, 2.05) is 0 Å². The maximum atomic E-state index is 12.3. The highest BCUT2D eigenvalue weighted by Gasteiger charge is 2.30. The minimum absolute atomic E-state index is 0.0336. The summed E-state index contributed by atoms with van der Waals surface area (Å²) >= 11 is 0. The van der Waals surface area contributed by atoms with E-state index in [4.69, 9.17) is 5.73 Å². The van der Waals surface area contributed by atoms with Crippen LogP contribution in [0.4, 0.5) is 5.69 Å². The van der Waals surface area contributed by atoms with Crippen LogP contribution in [0.15, 0.2) is 29.2 Å². The lowest BCUT2D eigenvalue weighted by Gasteiger charge is -2.35. The molecule has 0 radical (unpaired) electrons. The third kappa shape index (κ3) is 3.70. The summed E-state index contributed by atoms with van der Waals surface area (Å²) in [6.45, 7) is 4.38. The van der Waals surface area contributed by atoms with Crippen molar-refractivity contribution in [3.05, 3.63) is 24.3 Å². The summed E-state index contributed by atoms with van der Waals surface area (Å²) in [7, 11) is -3.43. The highest BCUT2D eigenvalue weighted by molar-refractivity contribution is 7.89. The number of nitrogens with one attached hydrogen (secondary N) is 1. The van der Waals surface area contributed by atoms with Crippen LogP contribution in [-0.2, 0) is 10.0 Å². The van der Waals surface area contributed by atoms with Crippen LogP contribution >= 0.6 is 0 Å². The fraction of sp³-hybridized carbons (Fsp3) is 0.571. The third-order valence-corrected chi connectivity index (χ3v) is 5.25. The zero-order valence-corrected chi connectivity index (χ0v) is 12.3. The summed E-state index contributed by atoms with van der Waals surface area (Å²) in [4.78, 5) is 0.282. The molecule has 19 heavy (non-hydrogen) atoms. The monoisotopic (exact) mass is 282 g/mol. The van der Waals surface area contributed by atoms with Crippen molar-refractivity contribution in [2.45, 2.75) is 50.5 Å². The molecule has 106 valence electrons. The number of rotatable bonds is 3. The Bertz CT molecular complexity index is 535. The summed E-state index contributed by atoms with van der Waals surface area (Å²) in [6.07, 6.45) is 4.04. The summed E-state index contributed by atoms with van der Waals surface area (Å²) in [6, 6.07) is 6.35. The number of sulfonamides is 1. The Hall–Kier alpha value is -1.07. The number of nitrogens with two attached hydrogens (primary N) is 1. The Kier molecular flexibility index (Phi) is 3.87. The molecule has 1 aliphatic rings. The maximum Gasteiger partial charge on any atom is 0.240 e. The zero-order valence-electron chi connectivity index (χ0n) is 11.5. The molecule has 0 aliphatic heterocycles. The maximum absolute atomic E-state index is 12.3. The molecule has 2 rings (SSSR count). The van der Waals surface area contributed by atoms with E-state index in [1.165, 1.54) is 0 Å². The van der Waals surface area contributed by atoms with E-state index in [0.29, 0.717) is 5.69 Å². The second-order valence-electron chi connectivity index (χ2n) is 6.15. The molecule has 0 aromatic heterocycles. The van der Waals surface area contributed by atoms with E-state index in [0.717, 1.165) is 25.7 Å². The quantitative estimate of drug-likeness (QED) is 0.837. The van der Waals surface area contributed by atoms with Crippen LogP contribution in [0.2, 0.25) is 0 Å². The van der Waals surface area contributed by atoms with Crippen molar-refractivity contribution in [1.29, 1.82) is 0 Å². The average molecular weight is 282 g/mol. The Morgan fingerprint density at radius 2 is 1.89 bits per heavy atom. The molecule has 1 aromatic rings. The minimum Gasteiger partial charge on any atom is -0.399 e. The van der Waals surface area contributed by atoms with E-state index in [1.54, 1.807) is 24.3 Å². The smallest absolute Gasteiger partial charge is 0.240 e. The third-order valence-electron chi connectivity index (χ3n) is 3.72. The van der Waals surface area contributed by atoms with Gasteiger partial charge in [-0.3, -0.25) is 0 Å². The SMILES string of the molecule is CC1(C)CCCC(NS(=O)(=O)c2ccc(N)cc2)C1. The normalized spacial score (nSPS) is 23.2. The molecule has 0 spiro atoms. The topological polar surface area (TPSA) is 72.2 Å². The van der Waals surface area contributed by atoms with Crippen LogP contribution in [0.1, 0.15) is 39.5 Å².